The summed E-state index contributed by atoms with van der Waals surface area (Å²) in [5.74, 6) is 0.771. The summed E-state index contributed by atoms with van der Waals surface area (Å²) in [6, 6.07) is 5.57. The number of alkyl carbamates (subject to hydrolysis) is 1. The summed E-state index contributed by atoms with van der Waals surface area (Å²) in [6.45, 7) is 0.862. The van der Waals surface area contributed by atoms with Crippen molar-refractivity contribution < 1.29 is 9.53 Å². The van der Waals surface area contributed by atoms with Crippen LogP contribution in [-0.4, -0.2) is 31.3 Å². The van der Waals surface area contributed by atoms with Crippen molar-refractivity contribution in [3.05, 3.63) is 24.4 Å². The summed E-state index contributed by atoms with van der Waals surface area (Å²) in [5.41, 5.74) is 0. The Bertz CT molecular complexity index is 277. The van der Waals surface area contributed by atoms with E-state index in [4.69, 9.17) is 4.74 Å². The zero-order valence-corrected chi connectivity index (χ0v) is 7.99. The molecule has 0 aliphatic rings. The molecule has 0 fully saturated rings. The molecule has 1 aromatic heterocycles. The van der Waals surface area contributed by atoms with Crippen LogP contribution in [0, 0.1) is 0 Å². The van der Waals surface area contributed by atoms with Crippen LogP contribution in [-0.2, 0) is 4.74 Å². The number of hydrogen-bond acceptors (Lipinski definition) is 4. The van der Waals surface area contributed by atoms with Crippen LogP contribution >= 0.6 is 0 Å². The highest BCUT2D eigenvalue weighted by Crippen LogP contribution is 1.98. The summed E-state index contributed by atoms with van der Waals surface area (Å²) >= 11 is 0. The van der Waals surface area contributed by atoms with E-state index in [-0.39, 0.29) is 0 Å². The molecule has 0 spiro atoms. The Morgan fingerprint density at radius 2 is 2.43 bits per heavy atom. The fourth-order valence-corrected chi connectivity index (χ4v) is 0.862. The fraction of sp³-hybridized carbons (Fsp3) is 0.333. The zero-order chi connectivity index (χ0) is 10.2. The summed E-state index contributed by atoms with van der Waals surface area (Å²) in [5, 5.41) is 5.37. The first-order valence-corrected chi connectivity index (χ1v) is 4.32. The third-order valence-electron chi connectivity index (χ3n) is 1.51. The lowest BCUT2D eigenvalue weighted by Gasteiger charge is -2.05. The van der Waals surface area contributed by atoms with Gasteiger partial charge in [-0.2, -0.15) is 0 Å². The summed E-state index contributed by atoms with van der Waals surface area (Å²) in [7, 11) is 1.52. The second-order valence-electron chi connectivity index (χ2n) is 2.53. The zero-order valence-electron chi connectivity index (χ0n) is 7.99. The minimum absolute atomic E-state index is 0.316. The normalized spacial score (nSPS) is 9.21. The van der Waals surface area contributed by atoms with Gasteiger partial charge in [-0.25, -0.2) is 9.78 Å². The van der Waals surface area contributed by atoms with Crippen molar-refractivity contribution >= 4 is 11.9 Å². The Morgan fingerprint density at radius 3 is 3.07 bits per heavy atom. The average molecular weight is 195 g/mol. The van der Waals surface area contributed by atoms with E-state index in [1.165, 1.54) is 7.05 Å². The Morgan fingerprint density at radius 1 is 1.57 bits per heavy atom. The molecule has 0 bridgehead atoms. The molecule has 0 radical (unpaired) electrons. The standard InChI is InChI=1S/C9H13N3O2/c1-10-9(13)14-7-6-12-8-4-2-3-5-11-8/h2-5H,6-7H2,1H3,(H,10,13)(H,11,12). The molecule has 0 aliphatic carbocycles. The maximum absolute atomic E-state index is 10.6. The lowest BCUT2D eigenvalue weighted by molar-refractivity contribution is 0.153. The maximum Gasteiger partial charge on any atom is 0.406 e. The van der Waals surface area contributed by atoms with E-state index in [1.54, 1.807) is 6.20 Å². The molecule has 1 rings (SSSR count). The molecule has 76 valence electrons. The van der Waals surface area contributed by atoms with Crippen molar-refractivity contribution in [1.29, 1.82) is 0 Å². The highest BCUT2D eigenvalue weighted by Gasteiger charge is 1.96. The van der Waals surface area contributed by atoms with Crippen LogP contribution in [0.2, 0.25) is 0 Å². The van der Waals surface area contributed by atoms with Gasteiger partial charge in [0.05, 0.1) is 6.54 Å². The van der Waals surface area contributed by atoms with Crippen molar-refractivity contribution in [3.8, 4) is 0 Å². The number of amides is 1. The maximum atomic E-state index is 10.6. The highest BCUT2D eigenvalue weighted by molar-refractivity contribution is 5.66. The number of ether oxygens (including phenoxy) is 1. The van der Waals surface area contributed by atoms with Gasteiger partial charge in [0.1, 0.15) is 12.4 Å². The fourth-order valence-electron chi connectivity index (χ4n) is 0.862. The molecule has 0 unspecified atom stereocenters. The van der Waals surface area contributed by atoms with Crippen LogP contribution in [0.25, 0.3) is 0 Å². The monoisotopic (exact) mass is 195 g/mol. The molecule has 1 amide bonds. The molecular formula is C9H13N3O2. The van der Waals surface area contributed by atoms with Crippen molar-refractivity contribution in [3.63, 3.8) is 0 Å². The van der Waals surface area contributed by atoms with Crippen LogP contribution < -0.4 is 10.6 Å². The molecule has 14 heavy (non-hydrogen) atoms. The molecule has 0 saturated carbocycles. The third kappa shape index (κ3) is 3.75. The van der Waals surface area contributed by atoms with Gasteiger partial charge in [0, 0.05) is 13.2 Å². The van der Waals surface area contributed by atoms with Gasteiger partial charge in [-0.1, -0.05) is 6.07 Å². The molecule has 2 N–H and O–H groups in total. The van der Waals surface area contributed by atoms with Gasteiger partial charge in [0.15, 0.2) is 0 Å². The molecule has 1 aromatic rings. The van der Waals surface area contributed by atoms with Crippen LogP contribution in [0.15, 0.2) is 24.4 Å². The predicted octanol–water partition coefficient (Wildman–Crippen LogP) is 0.849. The van der Waals surface area contributed by atoms with Gasteiger partial charge < -0.3 is 15.4 Å². The number of carbonyl (C=O) groups is 1. The molecule has 0 aliphatic heterocycles. The van der Waals surface area contributed by atoms with E-state index in [1.807, 2.05) is 18.2 Å². The summed E-state index contributed by atoms with van der Waals surface area (Å²) < 4.78 is 4.77. The van der Waals surface area contributed by atoms with Crippen molar-refractivity contribution in [2.75, 3.05) is 25.5 Å². The minimum Gasteiger partial charge on any atom is -0.448 e. The number of pyridine rings is 1. The quantitative estimate of drug-likeness (QED) is 0.699. The first-order chi connectivity index (χ1) is 6.83. The second kappa shape index (κ2) is 5.80. The number of rotatable bonds is 4. The van der Waals surface area contributed by atoms with E-state index in [0.29, 0.717) is 13.2 Å². The molecule has 0 aromatic carbocycles. The molecule has 0 atom stereocenters. The molecular weight excluding hydrogens is 182 g/mol. The number of aromatic nitrogens is 1. The highest BCUT2D eigenvalue weighted by atomic mass is 16.5. The van der Waals surface area contributed by atoms with Crippen LogP contribution in [0.3, 0.4) is 0 Å². The minimum atomic E-state index is -0.423. The number of nitrogens with one attached hydrogen (secondary N) is 2. The molecule has 5 heteroatoms. The largest absolute Gasteiger partial charge is 0.448 e. The van der Waals surface area contributed by atoms with E-state index in [2.05, 4.69) is 15.6 Å². The van der Waals surface area contributed by atoms with Crippen molar-refractivity contribution in [2.45, 2.75) is 0 Å². The summed E-state index contributed by atoms with van der Waals surface area (Å²) in [4.78, 5) is 14.7. The second-order valence-corrected chi connectivity index (χ2v) is 2.53. The van der Waals surface area contributed by atoms with Gasteiger partial charge in [-0.15, -0.1) is 0 Å². The predicted molar refractivity (Wildman–Crippen MR) is 53.1 cm³/mol. The SMILES string of the molecule is CNC(=O)OCCNc1ccccn1. The third-order valence-corrected chi connectivity index (χ3v) is 1.51. The van der Waals surface area contributed by atoms with Gasteiger partial charge in [0.2, 0.25) is 0 Å². The average Bonchev–Trinajstić information content (AvgIpc) is 2.25. The molecule has 1 heterocycles. The van der Waals surface area contributed by atoms with Gasteiger partial charge in [-0.05, 0) is 12.1 Å². The summed E-state index contributed by atoms with van der Waals surface area (Å²) in [6.07, 6.45) is 1.27. The van der Waals surface area contributed by atoms with E-state index in [0.717, 1.165) is 5.82 Å². The Kier molecular flexibility index (Phi) is 4.26. The topological polar surface area (TPSA) is 63.2 Å². The van der Waals surface area contributed by atoms with Gasteiger partial charge in [-0.3, -0.25) is 0 Å². The molecule has 0 saturated heterocycles. The van der Waals surface area contributed by atoms with Crippen molar-refractivity contribution in [1.82, 2.24) is 10.3 Å². The van der Waals surface area contributed by atoms with Gasteiger partial charge in [0.25, 0.3) is 0 Å². The van der Waals surface area contributed by atoms with Crippen molar-refractivity contribution in [2.24, 2.45) is 0 Å². The van der Waals surface area contributed by atoms with Crippen LogP contribution in [0.4, 0.5) is 10.6 Å². The lowest BCUT2D eigenvalue weighted by Crippen LogP contribution is -2.22. The first kappa shape index (κ1) is 10.3. The molecule has 5 nitrogen and oxygen atoms in total. The smallest absolute Gasteiger partial charge is 0.406 e. The Balaban J connectivity index is 2.13. The number of anilines is 1. The number of nitrogens with zero attached hydrogens (tertiary/aromatic N) is 1. The van der Waals surface area contributed by atoms with Gasteiger partial charge >= 0.3 is 6.09 Å². The Labute approximate surface area is 82.5 Å². The first-order valence-electron chi connectivity index (χ1n) is 4.32. The van der Waals surface area contributed by atoms with E-state index in [9.17, 15) is 4.79 Å². The number of carbonyl (C=O) groups excluding carboxylic acids is 1. The van der Waals surface area contributed by atoms with Crippen LogP contribution in [0.1, 0.15) is 0 Å². The van der Waals surface area contributed by atoms with E-state index >= 15 is 0 Å². The van der Waals surface area contributed by atoms with E-state index < -0.39 is 6.09 Å². The van der Waals surface area contributed by atoms with Crippen LogP contribution in [0.5, 0.6) is 0 Å². The number of hydrogen-bond donors (Lipinski definition) is 2. The Hall–Kier alpha value is -1.78. The lowest BCUT2D eigenvalue weighted by atomic mass is 10.4.